The number of epoxide rings is 1. The van der Waals surface area contributed by atoms with E-state index in [2.05, 4.69) is 23.6 Å². The Morgan fingerprint density at radius 1 is 1.06 bits per heavy atom. The zero-order valence-corrected chi connectivity index (χ0v) is 30.1. The van der Waals surface area contributed by atoms with Crippen LogP contribution in [0.3, 0.4) is 0 Å². The van der Waals surface area contributed by atoms with Gasteiger partial charge < -0.3 is 39.2 Å². The molecule has 4 heterocycles. The molecular weight excluding hydrogens is 630 g/mol. The lowest BCUT2D eigenvalue weighted by Gasteiger charge is -2.39. The molecule has 274 valence electrons. The molecule has 1 unspecified atom stereocenters. The highest BCUT2D eigenvalue weighted by Gasteiger charge is 2.60. The number of hydrogen-bond donors (Lipinski definition) is 2. The highest BCUT2D eigenvalue weighted by Crippen LogP contribution is 2.45. The average molecular weight is 688 g/mol. The second-order valence-corrected chi connectivity index (χ2v) is 14.1. The van der Waals surface area contributed by atoms with Crippen LogP contribution < -0.4 is 10.6 Å². The minimum Gasteiger partial charge on any atom is -0.456 e. The van der Waals surface area contributed by atoms with Crippen LogP contribution >= 0.6 is 0 Å². The Bertz CT molecular complexity index is 1240. The van der Waals surface area contributed by atoms with Gasteiger partial charge in [0.05, 0.1) is 37.4 Å². The van der Waals surface area contributed by atoms with E-state index in [-0.39, 0.29) is 54.6 Å². The number of allylic oxidation sites excluding steroid dienone is 2. The van der Waals surface area contributed by atoms with Crippen LogP contribution in [0.2, 0.25) is 0 Å². The number of nitrogens with one attached hydrogen (secondary N) is 2. The fourth-order valence-electron chi connectivity index (χ4n) is 6.81. The Hall–Kier alpha value is -3.22. The molecule has 0 bridgehead atoms. The second kappa shape index (κ2) is 18.1. The van der Waals surface area contributed by atoms with E-state index >= 15 is 0 Å². The number of nitrogens with zero attached hydrogens (tertiary/aromatic N) is 1. The number of piperidine rings is 1. The van der Waals surface area contributed by atoms with Gasteiger partial charge in [0.15, 0.2) is 6.10 Å². The molecule has 4 fully saturated rings. The van der Waals surface area contributed by atoms with Crippen molar-refractivity contribution in [1.29, 1.82) is 0 Å². The normalized spacial score (nSPS) is 32.6. The summed E-state index contributed by atoms with van der Waals surface area (Å²) in [6.07, 6.45) is 12.6. The quantitative estimate of drug-likeness (QED) is 0.124. The smallest absolute Gasteiger partial charge is 0.410 e. The summed E-state index contributed by atoms with van der Waals surface area (Å²) in [6, 6.07) is -0.143. The van der Waals surface area contributed by atoms with Crippen LogP contribution in [0.15, 0.2) is 36.0 Å². The first-order chi connectivity index (χ1) is 23.4. The molecule has 2 N–H and O–H groups in total. The molecule has 0 saturated carbocycles. The van der Waals surface area contributed by atoms with Gasteiger partial charge >= 0.3 is 12.1 Å². The van der Waals surface area contributed by atoms with Crippen LogP contribution in [-0.2, 0) is 38.1 Å². The third-order valence-electron chi connectivity index (χ3n) is 9.72. The minimum atomic E-state index is -0.632. The van der Waals surface area contributed by atoms with Crippen molar-refractivity contribution in [2.24, 2.45) is 5.92 Å². The highest BCUT2D eigenvalue weighted by atomic mass is 16.7. The van der Waals surface area contributed by atoms with Gasteiger partial charge in [0, 0.05) is 39.1 Å². The molecule has 0 aromatic carbocycles. The van der Waals surface area contributed by atoms with Crippen molar-refractivity contribution < 1.29 is 42.9 Å². The molecule has 0 aromatic heterocycles. The first kappa shape index (κ1) is 38.6. The van der Waals surface area contributed by atoms with Crippen LogP contribution in [0.5, 0.6) is 0 Å². The lowest BCUT2D eigenvalue weighted by atomic mass is 9.87. The zero-order valence-electron chi connectivity index (χ0n) is 30.1. The van der Waals surface area contributed by atoms with Crippen molar-refractivity contribution in [3.63, 3.8) is 0 Å². The van der Waals surface area contributed by atoms with E-state index in [0.717, 1.165) is 37.7 Å². The number of carbonyl (C=O) groups is 4. The topological polar surface area (TPSA) is 145 Å². The van der Waals surface area contributed by atoms with Gasteiger partial charge in [0.1, 0.15) is 17.8 Å². The highest BCUT2D eigenvalue weighted by molar-refractivity contribution is 5.87. The van der Waals surface area contributed by atoms with Gasteiger partial charge in [-0.15, -0.1) is 0 Å². The van der Waals surface area contributed by atoms with Crippen LogP contribution in [0, 0.1) is 5.92 Å². The molecule has 12 nitrogen and oxygen atoms in total. The molecule has 12 heteroatoms. The molecule has 0 radical (unpaired) electrons. The summed E-state index contributed by atoms with van der Waals surface area (Å²) < 4.78 is 29.6. The van der Waals surface area contributed by atoms with E-state index < -0.39 is 29.9 Å². The molecule has 0 aliphatic carbocycles. The summed E-state index contributed by atoms with van der Waals surface area (Å²) in [7, 11) is 0. The summed E-state index contributed by atoms with van der Waals surface area (Å²) >= 11 is 0. The maximum atomic E-state index is 12.7. The van der Waals surface area contributed by atoms with Crippen molar-refractivity contribution in [2.45, 2.75) is 141 Å². The van der Waals surface area contributed by atoms with E-state index in [4.69, 9.17) is 23.7 Å². The Morgan fingerprint density at radius 3 is 2.47 bits per heavy atom. The molecule has 49 heavy (non-hydrogen) atoms. The van der Waals surface area contributed by atoms with E-state index in [0.29, 0.717) is 39.1 Å². The molecule has 4 aliphatic rings. The van der Waals surface area contributed by atoms with Crippen LogP contribution in [-0.4, -0.2) is 103 Å². The first-order valence-corrected chi connectivity index (χ1v) is 18.1. The second-order valence-electron chi connectivity index (χ2n) is 14.1. The zero-order chi connectivity index (χ0) is 35.6. The first-order valence-electron chi connectivity index (χ1n) is 18.1. The summed E-state index contributed by atoms with van der Waals surface area (Å²) in [5.41, 5.74) is 0.367. The Labute approximate surface area is 291 Å². The molecule has 3 amide bonds. The average Bonchev–Trinajstić information content (AvgIpc) is 3.83. The summed E-state index contributed by atoms with van der Waals surface area (Å²) in [4.78, 5) is 51.1. The predicted octanol–water partition coefficient (Wildman–Crippen LogP) is 4.52. The van der Waals surface area contributed by atoms with E-state index in [1.54, 1.807) is 17.9 Å². The van der Waals surface area contributed by atoms with Crippen LogP contribution in [0.4, 0.5) is 4.79 Å². The fraction of sp³-hybridized carbons (Fsp3) is 0.730. The van der Waals surface area contributed by atoms with Gasteiger partial charge in [-0.1, -0.05) is 37.6 Å². The monoisotopic (exact) mass is 687 g/mol. The lowest BCUT2D eigenvalue weighted by molar-refractivity contribution is -0.179. The number of ether oxygens (including phenoxy) is 5. The van der Waals surface area contributed by atoms with E-state index in [1.165, 1.54) is 13.0 Å². The molecular formula is C37H57N3O9. The third-order valence-corrected chi connectivity index (χ3v) is 9.72. The SMILES string of the molecule is CCCNC(=O)C[C@@H]1C[C@@]2(CO2)[C@H](OC(C)=O)[C@@H](/C=C/C(C)=C/C[C@@H]2O[C@H](C)[C@H](NC(=O)C=CC(C)OC(=O)N3CCCCC3)C[C@@H]2C)O1. The Morgan fingerprint density at radius 2 is 1.80 bits per heavy atom. The van der Waals surface area contributed by atoms with Gasteiger partial charge in [-0.05, 0) is 71.3 Å². The molecule has 0 aromatic rings. The van der Waals surface area contributed by atoms with Crippen molar-refractivity contribution in [3.8, 4) is 0 Å². The molecule has 4 saturated heterocycles. The molecule has 1 spiro atoms. The standard InChI is InChI=1S/C37H57N3O9/c1-7-17-38-34(43)21-29-22-37(23-45-37)35(48-28(6)41)32(49-29)15-12-24(2)11-14-31-25(3)20-30(27(5)47-31)39-33(42)16-13-26(4)46-36(44)40-18-9-8-10-19-40/h11-13,15-16,25-27,29-32,35H,7-10,14,17-23H2,1-6H3,(H,38,43)(H,39,42)/b15-12+,16-13?,24-11+/t25-,26?,27+,29+,30+,31-,32+,35+,37+/m0/s1. The number of likely N-dealkylation sites (tertiary alicyclic amines) is 1. The van der Waals surface area contributed by atoms with Crippen molar-refractivity contribution in [2.75, 3.05) is 26.2 Å². The largest absolute Gasteiger partial charge is 0.456 e. The molecule has 4 rings (SSSR count). The van der Waals surface area contributed by atoms with Crippen molar-refractivity contribution >= 4 is 23.9 Å². The third kappa shape index (κ3) is 11.7. The van der Waals surface area contributed by atoms with E-state index in [1.807, 2.05) is 32.9 Å². The summed E-state index contributed by atoms with van der Waals surface area (Å²) in [5.74, 6) is -0.516. The van der Waals surface area contributed by atoms with Gasteiger partial charge in [0.2, 0.25) is 11.8 Å². The molecule has 4 aliphatic heterocycles. The number of rotatable bonds is 13. The van der Waals surface area contributed by atoms with Gasteiger partial charge in [-0.3, -0.25) is 14.4 Å². The van der Waals surface area contributed by atoms with Gasteiger partial charge in [-0.2, -0.15) is 0 Å². The lowest BCUT2D eigenvalue weighted by Crippen LogP contribution is -2.52. The fourth-order valence-corrected chi connectivity index (χ4v) is 6.81. The van der Waals surface area contributed by atoms with Crippen molar-refractivity contribution in [3.05, 3.63) is 36.0 Å². The molecule has 9 atom stereocenters. The van der Waals surface area contributed by atoms with Crippen LogP contribution in [0.1, 0.15) is 92.9 Å². The maximum absolute atomic E-state index is 12.7. The Kier molecular flexibility index (Phi) is 14.3. The van der Waals surface area contributed by atoms with Crippen molar-refractivity contribution in [1.82, 2.24) is 15.5 Å². The summed E-state index contributed by atoms with van der Waals surface area (Å²) in [6.45, 7) is 13.7. The van der Waals surface area contributed by atoms with Gasteiger partial charge in [0.25, 0.3) is 0 Å². The number of esters is 1. The van der Waals surface area contributed by atoms with E-state index in [9.17, 15) is 19.2 Å². The number of carbonyl (C=O) groups excluding carboxylic acids is 4. The van der Waals surface area contributed by atoms with Crippen LogP contribution in [0.25, 0.3) is 0 Å². The Balaban J connectivity index is 1.27. The minimum absolute atomic E-state index is 0.0230. The number of amides is 3. The predicted molar refractivity (Wildman–Crippen MR) is 184 cm³/mol. The van der Waals surface area contributed by atoms with Gasteiger partial charge in [-0.25, -0.2) is 4.79 Å². The summed E-state index contributed by atoms with van der Waals surface area (Å²) in [5, 5.41) is 5.96. The number of hydrogen-bond acceptors (Lipinski definition) is 9. The maximum Gasteiger partial charge on any atom is 0.410 e.